The van der Waals surface area contributed by atoms with Crippen LogP contribution in [0.25, 0.3) is 0 Å². The summed E-state index contributed by atoms with van der Waals surface area (Å²) in [7, 11) is -4.55. The van der Waals surface area contributed by atoms with Gasteiger partial charge in [0, 0.05) is 0 Å². The van der Waals surface area contributed by atoms with Crippen molar-refractivity contribution in [2.24, 2.45) is 0 Å². The van der Waals surface area contributed by atoms with Crippen LogP contribution in [-0.2, 0) is 16.5 Å². The predicted molar refractivity (Wildman–Crippen MR) is 90.1 cm³/mol. The maximum absolute atomic E-state index is 12.1. The maximum atomic E-state index is 12.1. The standard InChI is InChI=1S/C18H22O5S.K/c1-2-3-4-6-9-14-12-17(23-15-10-7-5-8-11-15)18(13-16(14)19)24(20,21)22;/h5,7-8,10-13,19H,2-4,6,9H2,1H3,(H,20,21,22);/q;+1/p-1. The van der Waals surface area contributed by atoms with Gasteiger partial charge >= 0.3 is 51.4 Å². The van der Waals surface area contributed by atoms with E-state index in [1.54, 1.807) is 30.3 Å². The minimum atomic E-state index is -4.55. The molecule has 0 spiro atoms. The van der Waals surface area contributed by atoms with Crippen molar-refractivity contribution in [3.63, 3.8) is 0 Å². The minimum absolute atomic E-state index is 0. The van der Waals surface area contributed by atoms with Crippen LogP contribution >= 0.6 is 0 Å². The van der Waals surface area contributed by atoms with E-state index < -0.39 is 20.8 Å². The molecule has 2 aromatic carbocycles. The smallest absolute Gasteiger partial charge is 0.872 e. The predicted octanol–water partition coefficient (Wildman–Crippen LogP) is 0.926. The molecule has 0 saturated heterocycles. The molecule has 0 heterocycles. The largest absolute Gasteiger partial charge is 1.00 e. The van der Waals surface area contributed by atoms with E-state index in [0.29, 0.717) is 17.7 Å². The van der Waals surface area contributed by atoms with Gasteiger partial charge in [-0.05, 0) is 37.1 Å². The zero-order chi connectivity index (χ0) is 17.6. The average Bonchev–Trinajstić information content (AvgIpc) is 2.54. The SMILES string of the molecule is CCCCCCc1cc(Oc2ccccc2)c(S(=O)(=O)O)cc1[O-].[K+]. The summed E-state index contributed by atoms with van der Waals surface area (Å²) in [6, 6.07) is 11.0. The van der Waals surface area contributed by atoms with Crippen LogP contribution in [-0.4, -0.2) is 13.0 Å². The van der Waals surface area contributed by atoms with Gasteiger partial charge in [0.2, 0.25) is 0 Å². The topological polar surface area (TPSA) is 86.7 Å². The molecule has 0 bridgehead atoms. The number of hydrogen-bond donors (Lipinski definition) is 1. The summed E-state index contributed by atoms with van der Waals surface area (Å²) in [6.07, 6.45) is 4.58. The van der Waals surface area contributed by atoms with Crippen molar-refractivity contribution >= 4 is 10.1 Å². The van der Waals surface area contributed by atoms with Gasteiger partial charge in [0.1, 0.15) is 16.4 Å². The number of aryl methyl sites for hydroxylation is 1. The Bertz CT molecular complexity index is 776. The van der Waals surface area contributed by atoms with Crippen molar-refractivity contribution in [3.8, 4) is 17.2 Å². The quantitative estimate of drug-likeness (QED) is 0.413. The Labute approximate surface area is 191 Å². The van der Waals surface area contributed by atoms with Crippen LogP contribution < -0.4 is 61.2 Å². The van der Waals surface area contributed by atoms with E-state index in [4.69, 9.17) is 4.74 Å². The fourth-order valence-electron chi connectivity index (χ4n) is 2.42. The van der Waals surface area contributed by atoms with Crippen LogP contribution in [0.2, 0.25) is 0 Å². The summed E-state index contributed by atoms with van der Waals surface area (Å²) < 4.78 is 38.0. The third kappa shape index (κ3) is 7.01. The summed E-state index contributed by atoms with van der Waals surface area (Å²) in [6.45, 7) is 2.10. The molecule has 0 aliphatic heterocycles. The normalized spacial score (nSPS) is 11.0. The summed E-state index contributed by atoms with van der Waals surface area (Å²) in [5.41, 5.74) is 0.490. The number of para-hydroxylation sites is 1. The number of unbranched alkanes of at least 4 members (excludes halogenated alkanes) is 3. The molecule has 0 saturated carbocycles. The molecule has 0 aliphatic rings. The van der Waals surface area contributed by atoms with Gasteiger partial charge < -0.3 is 9.84 Å². The second kappa shape index (κ2) is 10.7. The first kappa shape index (κ1) is 22.6. The summed E-state index contributed by atoms with van der Waals surface area (Å²) in [5, 5.41) is 12.1. The number of ether oxygens (including phenoxy) is 1. The van der Waals surface area contributed by atoms with Crippen molar-refractivity contribution < 1.29 is 74.2 Å². The van der Waals surface area contributed by atoms with E-state index in [1.165, 1.54) is 6.07 Å². The van der Waals surface area contributed by atoms with Crippen LogP contribution in [0.15, 0.2) is 47.4 Å². The van der Waals surface area contributed by atoms with Gasteiger partial charge in [0.05, 0.1) is 0 Å². The molecule has 130 valence electrons. The van der Waals surface area contributed by atoms with Gasteiger partial charge in [-0.2, -0.15) is 8.42 Å². The minimum Gasteiger partial charge on any atom is -0.872 e. The molecule has 0 aromatic heterocycles. The Morgan fingerprint density at radius 2 is 1.76 bits per heavy atom. The number of rotatable bonds is 8. The first-order valence-electron chi connectivity index (χ1n) is 7.96. The Hall–Kier alpha value is -0.414. The van der Waals surface area contributed by atoms with Crippen LogP contribution in [0.4, 0.5) is 0 Å². The van der Waals surface area contributed by atoms with Crippen LogP contribution in [0.3, 0.4) is 0 Å². The Morgan fingerprint density at radius 1 is 1.08 bits per heavy atom. The fraction of sp³-hybridized carbons (Fsp3) is 0.333. The Balaban J connectivity index is 0.00000312. The van der Waals surface area contributed by atoms with Crippen molar-refractivity contribution in [2.75, 3.05) is 0 Å². The molecule has 0 fully saturated rings. The van der Waals surface area contributed by atoms with E-state index in [2.05, 4.69) is 6.92 Å². The maximum Gasteiger partial charge on any atom is 1.00 e. The molecule has 0 radical (unpaired) electrons. The molecular formula is C18H21KO5S. The van der Waals surface area contributed by atoms with Gasteiger partial charge in [0.25, 0.3) is 10.1 Å². The zero-order valence-corrected chi connectivity index (χ0v) is 18.5. The van der Waals surface area contributed by atoms with Crippen molar-refractivity contribution in [1.82, 2.24) is 0 Å². The van der Waals surface area contributed by atoms with E-state index in [1.807, 2.05) is 0 Å². The molecule has 25 heavy (non-hydrogen) atoms. The van der Waals surface area contributed by atoms with Gasteiger partial charge in [-0.15, -0.1) is 5.75 Å². The first-order valence-corrected chi connectivity index (χ1v) is 9.40. The van der Waals surface area contributed by atoms with Crippen molar-refractivity contribution in [1.29, 1.82) is 0 Å². The summed E-state index contributed by atoms with van der Waals surface area (Å²) in [5.74, 6) is -0.00805. The third-order valence-corrected chi connectivity index (χ3v) is 4.55. The molecule has 2 rings (SSSR count). The fourth-order valence-corrected chi connectivity index (χ4v) is 3.03. The van der Waals surface area contributed by atoms with E-state index >= 15 is 0 Å². The molecule has 2 aromatic rings. The molecule has 5 nitrogen and oxygen atoms in total. The van der Waals surface area contributed by atoms with Gasteiger partial charge in [-0.1, -0.05) is 49.9 Å². The Kier molecular flexibility index (Phi) is 9.65. The van der Waals surface area contributed by atoms with Crippen LogP contribution in [0.5, 0.6) is 17.2 Å². The molecule has 0 atom stereocenters. The zero-order valence-electron chi connectivity index (χ0n) is 14.6. The molecule has 0 aliphatic carbocycles. The molecule has 1 N–H and O–H groups in total. The van der Waals surface area contributed by atoms with Crippen molar-refractivity contribution in [3.05, 3.63) is 48.0 Å². The Morgan fingerprint density at radius 3 is 2.36 bits per heavy atom. The van der Waals surface area contributed by atoms with Crippen LogP contribution in [0, 0.1) is 0 Å². The van der Waals surface area contributed by atoms with Gasteiger partial charge in [0.15, 0.2) is 0 Å². The molecule has 0 amide bonds. The van der Waals surface area contributed by atoms with E-state index in [-0.39, 0.29) is 57.1 Å². The van der Waals surface area contributed by atoms with E-state index in [0.717, 1.165) is 31.7 Å². The van der Waals surface area contributed by atoms with Gasteiger partial charge in [-0.25, -0.2) is 0 Å². The van der Waals surface area contributed by atoms with Crippen molar-refractivity contribution in [2.45, 2.75) is 43.9 Å². The van der Waals surface area contributed by atoms with Gasteiger partial charge in [-0.3, -0.25) is 4.55 Å². The monoisotopic (exact) mass is 388 g/mol. The summed E-state index contributed by atoms with van der Waals surface area (Å²) in [4.78, 5) is -0.506. The second-order valence-electron chi connectivity index (χ2n) is 5.61. The number of hydrogen-bond acceptors (Lipinski definition) is 4. The molecular weight excluding hydrogens is 367 g/mol. The molecule has 7 heteroatoms. The number of benzene rings is 2. The summed E-state index contributed by atoms with van der Waals surface area (Å²) >= 11 is 0. The third-order valence-electron chi connectivity index (χ3n) is 3.68. The molecule has 0 unspecified atom stereocenters. The second-order valence-corrected chi connectivity index (χ2v) is 7.00. The van der Waals surface area contributed by atoms with Crippen LogP contribution in [0.1, 0.15) is 38.2 Å². The van der Waals surface area contributed by atoms with E-state index in [9.17, 15) is 18.1 Å². The average molecular weight is 389 g/mol. The first-order chi connectivity index (χ1) is 11.4.